The summed E-state index contributed by atoms with van der Waals surface area (Å²) < 4.78 is 5.28. The van der Waals surface area contributed by atoms with Crippen LogP contribution in [0.25, 0.3) is 0 Å². The van der Waals surface area contributed by atoms with Crippen molar-refractivity contribution >= 4 is 17.6 Å². The molecule has 0 unspecified atom stereocenters. The number of nitro groups is 1. The summed E-state index contributed by atoms with van der Waals surface area (Å²) in [5.41, 5.74) is 0.333. The summed E-state index contributed by atoms with van der Waals surface area (Å²) >= 11 is 0. The van der Waals surface area contributed by atoms with E-state index in [0.29, 0.717) is 17.8 Å². The molecule has 1 aromatic rings. The van der Waals surface area contributed by atoms with E-state index in [1.807, 2.05) is 0 Å². The Balaban J connectivity index is 1.31. The van der Waals surface area contributed by atoms with Gasteiger partial charge >= 0.3 is 11.7 Å². The summed E-state index contributed by atoms with van der Waals surface area (Å²) in [6, 6.07) is 4.00. The number of carbonyl (C=O) groups is 2. The van der Waals surface area contributed by atoms with E-state index in [4.69, 9.17) is 4.74 Å². The summed E-state index contributed by atoms with van der Waals surface area (Å²) in [6.07, 6.45) is 6.78. The molecule has 0 spiro atoms. The molecule has 1 aromatic carbocycles. The number of urea groups is 1. The molecule has 4 saturated carbocycles. The quantitative estimate of drug-likeness (QED) is 0.596. The number of rotatable bonds is 5. The second-order valence-electron chi connectivity index (χ2n) is 8.72. The van der Waals surface area contributed by atoms with Gasteiger partial charge in [-0.05, 0) is 74.8 Å². The van der Waals surface area contributed by atoms with Gasteiger partial charge in [-0.15, -0.1) is 0 Å². The molecule has 0 saturated heterocycles. The number of benzene rings is 1. The molecule has 4 fully saturated rings. The molecule has 2 N–H and O–H groups in total. The van der Waals surface area contributed by atoms with Crippen LogP contribution in [0.2, 0.25) is 0 Å². The SMILES string of the molecule is Cc1ccc(OCC(=O)NC(=O)NC23CC4CC(CC(C4)C2)C3)c([N+](=O)[O-])c1. The Morgan fingerprint density at radius 3 is 2.36 bits per heavy atom. The highest BCUT2D eigenvalue weighted by atomic mass is 16.6. The van der Waals surface area contributed by atoms with Crippen LogP contribution in [0.3, 0.4) is 0 Å². The second kappa shape index (κ2) is 7.07. The highest BCUT2D eigenvalue weighted by Gasteiger charge is 2.51. The minimum atomic E-state index is -0.628. The average molecular weight is 387 g/mol. The number of imide groups is 1. The van der Waals surface area contributed by atoms with Crippen LogP contribution < -0.4 is 15.4 Å². The van der Waals surface area contributed by atoms with Crippen molar-refractivity contribution in [1.29, 1.82) is 0 Å². The molecule has 0 aliphatic heterocycles. The van der Waals surface area contributed by atoms with E-state index < -0.39 is 23.5 Å². The third-order valence-electron chi connectivity index (χ3n) is 6.34. The maximum Gasteiger partial charge on any atom is 0.321 e. The van der Waals surface area contributed by atoms with Gasteiger partial charge < -0.3 is 10.1 Å². The van der Waals surface area contributed by atoms with Crippen molar-refractivity contribution in [1.82, 2.24) is 10.6 Å². The molecule has 5 rings (SSSR count). The van der Waals surface area contributed by atoms with Crippen molar-refractivity contribution in [3.63, 3.8) is 0 Å². The molecule has 4 aliphatic carbocycles. The van der Waals surface area contributed by atoms with Crippen LogP contribution >= 0.6 is 0 Å². The largest absolute Gasteiger partial charge is 0.477 e. The maximum atomic E-state index is 12.4. The Bertz CT molecular complexity index is 787. The molecule has 4 bridgehead atoms. The van der Waals surface area contributed by atoms with Crippen LogP contribution in [0, 0.1) is 34.8 Å². The van der Waals surface area contributed by atoms with E-state index in [-0.39, 0.29) is 17.0 Å². The summed E-state index contributed by atoms with van der Waals surface area (Å²) in [4.78, 5) is 35.0. The summed E-state index contributed by atoms with van der Waals surface area (Å²) in [5, 5.41) is 16.5. The van der Waals surface area contributed by atoms with E-state index in [1.54, 1.807) is 13.0 Å². The van der Waals surface area contributed by atoms with Crippen LogP contribution in [0.4, 0.5) is 10.5 Å². The Kier molecular flexibility index (Phi) is 4.72. The number of nitrogens with one attached hydrogen (secondary N) is 2. The molecular formula is C20H25N3O5. The summed E-state index contributed by atoms with van der Waals surface area (Å²) in [7, 11) is 0. The minimum Gasteiger partial charge on any atom is -0.477 e. The molecular weight excluding hydrogens is 362 g/mol. The lowest BCUT2D eigenvalue weighted by molar-refractivity contribution is -0.385. The van der Waals surface area contributed by atoms with Crippen molar-refractivity contribution in [2.75, 3.05) is 6.61 Å². The third kappa shape index (κ3) is 3.81. The predicted molar refractivity (Wildman–Crippen MR) is 101 cm³/mol. The molecule has 150 valence electrons. The molecule has 0 radical (unpaired) electrons. The van der Waals surface area contributed by atoms with Gasteiger partial charge in [-0.25, -0.2) is 4.79 Å². The number of hydrogen-bond donors (Lipinski definition) is 2. The van der Waals surface area contributed by atoms with E-state index in [1.165, 1.54) is 31.4 Å². The number of amides is 3. The fourth-order valence-electron chi connectivity index (χ4n) is 5.73. The van der Waals surface area contributed by atoms with Crippen molar-refractivity contribution in [3.8, 4) is 5.75 Å². The Morgan fingerprint density at radius 1 is 1.18 bits per heavy atom. The molecule has 8 heteroatoms. The van der Waals surface area contributed by atoms with Crippen molar-refractivity contribution in [2.45, 2.75) is 51.0 Å². The zero-order valence-corrected chi connectivity index (χ0v) is 15.9. The number of hydrogen-bond acceptors (Lipinski definition) is 5. The molecule has 0 atom stereocenters. The lowest BCUT2D eigenvalue weighted by atomic mass is 9.53. The van der Waals surface area contributed by atoms with Gasteiger partial charge in [-0.1, -0.05) is 6.07 Å². The number of nitro benzene ring substituents is 1. The van der Waals surface area contributed by atoms with Crippen molar-refractivity contribution < 1.29 is 19.2 Å². The van der Waals surface area contributed by atoms with Gasteiger partial charge in [0.15, 0.2) is 12.4 Å². The Hall–Kier alpha value is -2.64. The van der Waals surface area contributed by atoms with Crippen LogP contribution in [0.1, 0.15) is 44.1 Å². The maximum absolute atomic E-state index is 12.4. The monoisotopic (exact) mass is 387 g/mol. The summed E-state index contributed by atoms with van der Waals surface area (Å²) in [6.45, 7) is 1.27. The zero-order chi connectivity index (χ0) is 19.9. The molecule has 4 aliphatic rings. The van der Waals surface area contributed by atoms with Gasteiger partial charge in [0.2, 0.25) is 0 Å². The first-order valence-corrected chi connectivity index (χ1v) is 9.82. The minimum absolute atomic E-state index is 0.00671. The fraction of sp³-hybridized carbons (Fsp3) is 0.600. The van der Waals surface area contributed by atoms with E-state index >= 15 is 0 Å². The van der Waals surface area contributed by atoms with E-state index in [9.17, 15) is 19.7 Å². The van der Waals surface area contributed by atoms with Crippen LogP contribution in [0.15, 0.2) is 18.2 Å². The molecule has 3 amide bonds. The van der Waals surface area contributed by atoms with E-state index in [2.05, 4.69) is 10.6 Å². The molecule has 28 heavy (non-hydrogen) atoms. The second-order valence-corrected chi connectivity index (χ2v) is 8.72. The van der Waals surface area contributed by atoms with Gasteiger partial charge in [0.25, 0.3) is 5.91 Å². The topological polar surface area (TPSA) is 111 Å². The number of nitrogens with zero attached hydrogens (tertiary/aromatic N) is 1. The normalized spacial score (nSPS) is 30.0. The van der Waals surface area contributed by atoms with Crippen LogP contribution in [-0.4, -0.2) is 29.0 Å². The molecule has 0 aromatic heterocycles. The highest BCUT2D eigenvalue weighted by Crippen LogP contribution is 2.55. The molecule has 8 nitrogen and oxygen atoms in total. The lowest BCUT2D eigenvalue weighted by Crippen LogP contribution is -2.62. The number of carbonyl (C=O) groups excluding carboxylic acids is 2. The van der Waals surface area contributed by atoms with E-state index in [0.717, 1.165) is 24.8 Å². The average Bonchev–Trinajstić information content (AvgIpc) is 2.58. The standard InChI is InChI=1S/C20H25N3O5/c1-12-2-3-17(16(4-12)23(26)27)28-11-18(24)21-19(25)22-20-8-13-5-14(9-20)7-15(6-13)10-20/h2-4,13-15H,5-11H2,1H3,(H2,21,22,24,25). The van der Waals surface area contributed by atoms with Gasteiger partial charge in [0.1, 0.15) is 0 Å². The lowest BCUT2D eigenvalue weighted by Gasteiger charge is -2.56. The molecule has 0 heterocycles. The predicted octanol–water partition coefficient (Wildman–Crippen LogP) is 3.08. The van der Waals surface area contributed by atoms with Crippen LogP contribution in [0.5, 0.6) is 5.75 Å². The zero-order valence-electron chi connectivity index (χ0n) is 15.9. The Morgan fingerprint density at radius 2 is 1.79 bits per heavy atom. The van der Waals surface area contributed by atoms with Gasteiger partial charge in [-0.2, -0.15) is 0 Å². The first-order valence-electron chi connectivity index (χ1n) is 9.82. The fourth-order valence-corrected chi connectivity index (χ4v) is 5.73. The third-order valence-corrected chi connectivity index (χ3v) is 6.34. The van der Waals surface area contributed by atoms with Crippen LogP contribution in [-0.2, 0) is 4.79 Å². The van der Waals surface area contributed by atoms with Gasteiger partial charge in [0.05, 0.1) is 4.92 Å². The first kappa shape index (κ1) is 18.7. The number of aryl methyl sites for hydroxylation is 1. The van der Waals surface area contributed by atoms with Gasteiger partial charge in [-0.3, -0.25) is 20.2 Å². The van der Waals surface area contributed by atoms with Gasteiger partial charge in [0, 0.05) is 11.6 Å². The smallest absolute Gasteiger partial charge is 0.321 e. The number of ether oxygens (including phenoxy) is 1. The highest BCUT2D eigenvalue weighted by molar-refractivity contribution is 5.95. The van der Waals surface area contributed by atoms with Crippen molar-refractivity contribution in [2.24, 2.45) is 17.8 Å². The van der Waals surface area contributed by atoms with Crippen molar-refractivity contribution in [3.05, 3.63) is 33.9 Å². The Labute approximate surface area is 163 Å². The summed E-state index contributed by atoms with van der Waals surface area (Å²) in [5.74, 6) is 1.44. The first-order chi connectivity index (χ1) is 13.3.